The molecule has 0 saturated heterocycles. The number of benzene rings is 5. The molecule has 5 aromatic carbocycles. The standard InChI is InChI=1S/C24H16N2.2C12H10N.Ir/c1-3-7-17(8-4-1)19-13-15-25-23-21(19)11-12-22-20(14-16-26-24(22)23)18-9-5-2-6-10-18;2*1-10-6-5-9-13-12(10)11-7-3-2-4-8-11;/h1-16H;2*2-7,9H,1H3;/q;2*-1;. The van der Waals surface area contributed by atoms with Crippen molar-refractivity contribution in [1.29, 1.82) is 0 Å². The van der Waals surface area contributed by atoms with E-state index in [0.717, 1.165) is 44.3 Å². The molecule has 4 aromatic heterocycles. The fourth-order valence-corrected chi connectivity index (χ4v) is 6.18. The van der Waals surface area contributed by atoms with Gasteiger partial charge in [0, 0.05) is 55.7 Å². The van der Waals surface area contributed by atoms with Crippen molar-refractivity contribution < 1.29 is 20.1 Å². The number of rotatable bonds is 4. The van der Waals surface area contributed by atoms with E-state index >= 15 is 0 Å². The maximum Gasteiger partial charge on any atom is 0.0970 e. The summed E-state index contributed by atoms with van der Waals surface area (Å²) < 4.78 is 0. The van der Waals surface area contributed by atoms with Crippen molar-refractivity contribution in [2.45, 2.75) is 13.8 Å². The topological polar surface area (TPSA) is 51.6 Å². The molecule has 5 heteroatoms. The van der Waals surface area contributed by atoms with Crippen LogP contribution in [0.5, 0.6) is 0 Å². The van der Waals surface area contributed by atoms with Crippen LogP contribution in [0.2, 0.25) is 0 Å². The van der Waals surface area contributed by atoms with Crippen LogP contribution in [0.4, 0.5) is 0 Å². The molecule has 0 amide bonds. The Morgan fingerprint density at radius 1 is 0.377 bits per heavy atom. The molecule has 0 unspecified atom stereocenters. The summed E-state index contributed by atoms with van der Waals surface area (Å²) in [7, 11) is 0. The molecule has 4 heterocycles. The number of nitrogens with zero attached hydrogens (tertiary/aromatic N) is 4. The minimum atomic E-state index is 0. The Morgan fingerprint density at radius 3 is 1.17 bits per heavy atom. The molecular formula is C48H36IrN4-2. The van der Waals surface area contributed by atoms with Crippen molar-refractivity contribution >= 4 is 21.8 Å². The first-order valence-electron chi connectivity index (χ1n) is 17.2. The van der Waals surface area contributed by atoms with E-state index in [4.69, 9.17) is 0 Å². The van der Waals surface area contributed by atoms with E-state index in [9.17, 15) is 0 Å². The van der Waals surface area contributed by atoms with Crippen LogP contribution in [0.1, 0.15) is 11.1 Å². The van der Waals surface area contributed by atoms with Gasteiger partial charge in [-0.15, -0.1) is 71.8 Å². The van der Waals surface area contributed by atoms with Gasteiger partial charge in [-0.1, -0.05) is 96.1 Å². The summed E-state index contributed by atoms with van der Waals surface area (Å²) in [6.45, 7) is 4.12. The first-order chi connectivity index (χ1) is 25.7. The quantitative estimate of drug-likeness (QED) is 0.131. The molecule has 0 fully saturated rings. The van der Waals surface area contributed by atoms with E-state index in [2.05, 4.69) is 131 Å². The molecule has 0 atom stereocenters. The van der Waals surface area contributed by atoms with E-state index in [-0.39, 0.29) is 20.1 Å². The van der Waals surface area contributed by atoms with Gasteiger partial charge in [0.15, 0.2) is 0 Å². The minimum absolute atomic E-state index is 0. The van der Waals surface area contributed by atoms with Crippen molar-refractivity contribution in [1.82, 2.24) is 19.9 Å². The molecule has 4 nitrogen and oxygen atoms in total. The Labute approximate surface area is 324 Å². The van der Waals surface area contributed by atoms with Crippen molar-refractivity contribution in [3.8, 4) is 44.8 Å². The maximum atomic E-state index is 4.67. The number of aromatic nitrogens is 4. The smallest absolute Gasteiger partial charge is 0.0970 e. The first kappa shape index (κ1) is 36.7. The van der Waals surface area contributed by atoms with E-state index < -0.39 is 0 Å². The third kappa shape index (κ3) is 8.68. The van der Waals surface area contributed by atoms with Gasteiger partial charge in [-0.2, -0.15) is 0 Å². The fourth-order valence-electron chi connectivity index (χ4n) is 6.18. The summed E-state index contributed by atoms with van der Waals surface area (Å²) in [6, 6.07) is 59.5. The average molecular weight is 861 g/mol. The summed E-state index contributed by atoms with van der Waals surface area (Å²) in [4.78, 5) is 18.0. The molecule has 0 spiro atoms. The van der Waals surface area contributed by atoms with E-state index in [0.29, 0.717) is 0 Å². The number of fused-ring (bicyclic) bond motifs is 3. The summed E-state index contributed by atoms with van der Waals surface area (Å²) in [6.07, 6.45) is 7.37. The molecule has 0 N–H and O–H groups in total. The molecular weight excluding hydrogens is 825 g/mol. The van der Waals surface area contributed by atoms with Crippen LogP contribution in [0.3, 0.4) is 0 Å². The summed E-state index contributed by atoms with van der Waals surface area (Å²) in [5.41, 5.74) is 13.2. The maximum absolute atomic E-state index is 4.67. The zero-order valence-electron chi connectivity index (χ0n) is 29.4. The van der Waals surface area contributed by atoms with Crippen molar-refractivity contribution in [3.63, 3.8) is 0 Å². The fraction of sp³-hybridized carbons (Fsp3) is 0.0417. The minimum Gasteiger partial charge on any atom is -0.304 e. The van der Waals surface area contributed by atoms with Gasteiger partial charge in [0.2, 0.25) is 0 Å². The van der Waals surface area contributed by atoms with Gasteiger partial charge in [0.05, 0.1) is 11.0 Å². The third-order valence-electron chi connectivity index (χ3n) is 8.74. The summed E-state index contributed by atoms with van der Waals surface area (Å²) in [5.74, 6) is 0. The van der Waals surface area contributed by atoms with Crippen LogP contribution in [-0.2, 0) is 20.1 Å². The van der Waals surface area contributed by atoms with Gasteiger partial charge in [-0.05, 0) is 71.8 Å². The Hall–Kier alpha value is -6.13. The van der Waals surface area contributed by atoms with Gasteiger partial charge < -0.3 is 9.97 Å². The van der Waals surface area contributed by atoms with Gasteiger partial charge in [0.1, 0.15) is 0 Å². The summed E-state index contributed by atoms with van der Waals surface area (Å²) in [5, 5.41) is 2.26. The summed E-state index contributed by atoms with van der Waals surface area (Å²) >= 11 is 0. The molecule has 53 heavy (non-hydrogen) atoms. The predicted octanol–water partition coefficient (Wildman–Crippen LogP) is 11.8. The van der Waals surface area contributed by atoms with Gasteiger partial charge in [0.25, 0.3) is 0 Å². The molecule has 0 bridgehead atoms. The third-order valence-corrected chi connectivity index (χ3v) is 8.74. The molecule has 259 valence electrons. The van der Waals surface area contributed by atoms with Crippen molar-refractivity contribution in [2.75, 3.05) is 0 Å². The molecule has 0 saturated carbocycles. The van der Waals surface area contributed by atoms with Crippen molar-refractivity contribution in [2.24, 2.45) is 0 Å². The largest absolute Gasteiger partial charge is 0.304 e. The van der Waals surface area contributed by atoms with Crippen LogP contribution < -0.4 is 0 Å². The average Bonchev–Trinajstić information content (AvgIpc) is 3.22. The second-order valence-corrected chi connectivity index (χ2v) is 12.2. The monoisotopic (exact) mass is 861 g/mol. The molecule has 1 radical (unpaired) electrons. The van der Waals surface area contributed by atoms with Gasteiger partial charge in [-0.25, -0.2) is 0 Å². The van der Waals surface area contributed by atoms with Crippen molar-refractivity contribution in [3.05, 3.63) is 206 Å². The number of hydrogen-bond acceptors (Lipinski definition) is 4. The number of pyridine rings is 4. The normalized spacial score (nSPS) is 10.3. The zero-order chi connectivity index (χ0) is 35.5. The molecule has 0 aliphatic rings. The molecule has 9 rings (SSSR count). The number of aryl methyl sites for hydroxylation is 2. The first-order valence-corrected chi connectivity index (χ1v) is 17.2. The Morgan fingerprint density at radius 2 is 0.792 bits per heavy atom. The molecule has 0 aliphatic carbocycles. The van der Waals surface area contributed by atoms with E-state index in [1.54, 1.807) is 0 Å². The molecule has 0 aliphatic heterocycles. The van der Waals surface area contributed by atoms with E-state index in [1.807, 2.05) is 97.6 Å². The van der Waals surface area contributed by atoms with E-state index in [1.165, 1.54) is 33.4 Å². The SMILES string of the molecule is Cc1cccnc1-c1[c-]cccc1.Cc1cccnc1-c1[c-]cccc1.[Ir].c1ccc(-c2ccnc3c2ccc2c(-c4ccccc4)ccnc23)cc1. The second kappa shape index (κ2) is 17.9. The van der Waals surface area contributed by atoms with Gasteiger partial charge >= 0.3 is 0 Å². The second-order valence-electron chi connectivity index (χ2n) is 12.2. The van der Waals surface area contributed by atoms with Crippen LogP contribution in [-0.4, -0.2) is 19.9 Å². The number of hydrogen-bond donors (Lipinski definition) is 0. The van der Waals surface area contributed by atoms with Crippen LogP contribution in [0.15, 0.2) is 183 Å². The molecule has 9 aromatic rings. The van der Waals surface area contributed by atoms with Crippen LogP contribution in [0.25, 0.3) is 66.6 Å². The van der Waals surface area contributed by atoms with Gasteiger partial charge in [-0.3, -0.25) is 9.97 Å². The Bertz CT molecular complexity index is 2350. The Kier molecular flexibility index (Phi) is 12.4. The zero-order valence-corrected chi connectivity index (χ0v) is 31.8. The van der Waals surface area contributed by atoms with Crippen LogP contribution >= 0.6 is 0 Å². The predicted molar refractivity (Wildman–Crippen MR) is 214 cm³/mol. The van der Waals surface area contributed by atoms with Crippen LogP contribution in [0, 0.1) is 26.0 Å². The Balaban J connectivity index is 0.000000150.